The highest BCUT2D eigenvalue weighted by Crippen LogP contribution is 2.15. The van der Waals surface area contributed by atoms with Crippen molar-refractivity contribution in [2.24, 2.45) is 0 Å². The van der Waals surface area contributed by atoms with Crippen molar-refractivity contribution in [3.05, 3.63) is 24.3 Å². The number of hydrogen-bond donors (Lipinski definition) is 4. The Morgan fingerprint density at radius 3 is 1.25 bits per heavy atom. The molecule has 4 N–H and O–H groups in total. The van der Waals surface area contributed by atoms with Crippen LogP contribution < -0.4 is 5.32 Å². The van der Waals surface area contributed by atoms with Crippen LogP contribution in [0.2, 0.25) is 0 Å². The van der Waals surface area contributed by atoms with Crippen LogP contribution in [0.25, 0.3) is 0 Å². The van der Waals surface area contributed by atoms with Crippen molar-refractivity contribution in [3.63, 3.8) is 0 Å². The first-order valence-corrected chi connectivity index (χ1v) is 21.1. The molecule has 0 radical (unpaired) electrons. The summed E-state index contributed by atoms with van der Waals surface area (Å²) in [5.41, 5.74) is 0. The standard InChI is InChI=1S/C43H83NO4/c1-3-5-7-9-11-13-15-16-17-18-19-20-21-22-23-24-25-26-27-28-30-32-34-36-38-42(47)43(48)44-40(39-45)41(46)37-35-33-31-29-14-12-10-8-6-4-2/h19-20,22-23,40-42,45-47H,3-18,21,24-39H2,1-2H3,(H,44,48)/b20-19-,23-22-. The number of amides is 1. The summed E-state index contributed by atoms with van der Waals surface area (Å²) in [6, 6.07) is -0.711. The summed E-state index contributed by atoms with van der Waals surface area (Å²) < 4.78 is 0. The molecule has 0 spiro atoms. The highest BCUT2D eigenvalue weighted by Gasteiger charge is 2.23. The maximum Gasteiger partial charge on any atom is 0.249 e. The van der Waals surface area contributed by atoms with Gasteiger partial charge in [-0.1, -0.05) is 199 Å². The number of carbonyl (C=O) groups is 1. The van der Waals surface area contributed by atoms with Crippen LogP contribution >= 0.6 is 0 Å². The molecule has 0 aliphatic rings. The molecule has 5 heteroatoms. The fourth-order valence-corrected chi connectivity index (χ4v) is 6.46. The van der Waals surface area contributed by atoms with E-state index in [1.807, 2.05) is 0 Å². The summed E-state index contributed by atoms with van der Waals surface area (Å²) in [5, 5.41) is 33.1. The molecule has 3 unspecified atom stereocenters. The summed E-state index contributed by atoms with van der Waals surface area (Å²) >= 11 is 0. The van der Waals surface area contributed by atoms with E-state index >= 15 is 0 Å². The van der Waals surface area contributed by atoms with Crippen LogP contribution in [0.1, 0.15) is 219 Å². The molecule has 1 amide bonds. The first-order valence-electron chi connectivity index (χ1n) is 21.1. The molecular formula is C43H83NO4. The Balaban J connectivity index is 3.61. The number of rotatable bonds is 38. The number of aliphatic hydroxyl groups excluding tert-OH is 3. The van der Waals surface area contributed by atoms with Crippen molar-refractivity contribution >= 4 is 5.91 Å². The molecular weight excluding hydrogens is 594 g/mol. The Hall–Kier alpha value is -1.17. The van der Waals surface area contributed by atoms with Crippen LogP contribution in [-0.4, -0.2) is 46.1 Å². The van der Waals surface area contributed by atoms with E-state index in [0.717, 1.165) is 38.5 Å². The average Bonchev–Trinajstić information content (AvgIpc) is 3.09. The molecule has 0 saturated carbocycles. The predicted octanol–water partition coefficient (Wildman–Crippen LogP) is 11.8. The second-order valence-corrected chi connectivity index (χ2v) is 14.6. The van der Waals surface area contributed by atoms with Crippen LogP contribution in [0.4, 0.5) is 0 Å². The van der Waals surface area contributed by atoms with Gasteiger partial charge in [0.05, 0.1) is 18.8 Å². The van der Waals surface area contributed by atoms with E-state index in [2.05, 4.69) is 43.5 Å². The summed E-state index contributed by atoms with van der Waals surface area (Å²) in [6.07, 6.45) is 46.1. The van der Waals surface area contributed by atoms with Crippen LogP contribution in [0, 0.1) is 0 Å². The largest absolute Gasteiger partial charge is 0.394 e. The van der Waals surface area contributed by atoms with E-state index in [0.29, 0.717) is 12.8 Å². The maximum absolute atomic E-state index is 12.4. The predicted molar refractivity (Wildman–Crippen MR) is 208 cm³/mol. The zero-order chi connectivity index (χ0) is 35.2. The average molecular weight is 678 g/mol. The summed E-state index contributed by atoms with van der Waals surface area (Å²) in [4.78, 5) is 12.4. The third kappa shape index (κ3) is 33.3. The number of hydrogen-bond acceptors (Lipinski definition) is 4. The minimum absolute atomic E-state index is 0.315. The van der Waals surface area contributed by atoms with Gasteiger partial charge < -0.3 is 20.6 Å². The Morgan fingerprint density at radius 1 is 0.500 bits per heavy atom. The molecule has 0 fully saturated rings. The van der Waals surface area contributed by atoms with Gasteiger partial charge in [-0.25, -0.2) is 0 Å². The molecule has 0 heterocycles. The molecule has 0 bridgehead atoms. The molecule has 3 atom stereocenters. The van der Waals surface area contributed by atoms with Crippen molar-refractivity contribution in [3.8, 4) is 0 Å². The number of aliphatic hydroxyl groups is 3. The molecule has 284 valence electrons. The first-order chi connectivity index (χ1) is 23.6. The lowest BCUT2D eigenvalue weighted by Gasteiger charge is -2.23. The topological polar surface area (TPSA) is 89.8 Å². The van der Waals surface area contributed by atoms with E-state index < -0.39 is 24.2 Å². The van der Waals surface area contributed by atoms with E-state index in [9.17, 15) is 20.1 Å². The van der Waals surface area contributed by atoms with Crippen LogP contribution in [0.5, 0.6) is 0 Å². The number of carbonyl (C=O) groups excluding carboxylic acids is 1. The van der Waals surface area contributed by atoms with Crippen molar-refractivity contribution in [2.45, 2.75) is 238 Å². The summed E-state index contributed by atoms with van der Waals surface area (Å²) in [5.74, 6) is -0.477. The maximum atomic E-state index is 12.4. The molecule has 0 aliphatic heterocycles. The van der Waals surface area contributed by atoms with Gasteiger partial charge in [0.1, 0.15) is 6.10 Å². The molecule has 0 aromatic rings. The van der Waals surface area contributed by atoms with Gasteiger partial charge in [0, 0.05) is 0 Å². The zero-order valence-electron chi connectivity index (χ0n) is 32.1. The van der Waals surface area contributed by atoms with E-state index in [-0.39, 0.29) is 6.61 Å². The fraction of sp³-hybridized carbons (Fsp3) is 0.884. The van der Waals surface area contributed by atoms with Crippen LogP contribution in [0.15, 0.2) is 24.3 Å². The fourth-order valence-electron chi connectivity index (χ4n) is 6.46. The van der Waals surface area contributed by atoms with Crippen LogP contribution in [-0.2, 0) is 4.79 Å². The van der Waals surface area contributed by atoms with Gasteiger partial charge in [0.25, 0.3) is 0 Å². The monoisotopic (exact) mass is 678 g/mol. The van der Waals surface area contributed by atoms with Gasteiger partial charge in [-0.15, -0.1) is 0 Å². The minimum atomic E-state index is -1.08. The molecule has 0 aromatic heterocycles. The van der Waals surface area contributed by atoms with E-state index in [1.165, 1.54) is 154 Å². The lowest BCUT2D eigenvalue weighted by Crippen LogP contribution is -2.49. The summed E-state index contributed by atoms with van der Waals surface area (Å²) in [7, 11) is 0. The molecule has 0 aliphatic carbocycles. The van der Waals surface area contributed by atoms with Gasteiger partial charge in [-0.05, 0) is 44.9 Å². The Kier molecular flexibility index (Phi) is 37.7. The van der Waals surface area contributed by atoms with Crippen LogP contribution in [0.3, 0.4) is 0 Å². The second kappa shape index (κ2) is 38.6. The van der Waals surface area contributed by atoms with Crippen molar-refractivity contribution in [1.29, 1.82) is 0 Å². The highest BCUT2D eigenvalue weighted by atomic mass is 16.3. The number of allylic oxidation sites excluding steroid dienone is 4. The van der Waals surface area contributed by atoms with Crippen molar-refractivity contribution in [1.82, 2.24) is 5.32 Å². The quantitative estimate of drug-likeness (QED) is 0.0387. The van der Waals surface area contributed by atoms with Gasteiger partial charge in [0.15, 0.2) is 0 Å². The number of nitrogens with one attached hydrogen (secondary N) is 1. The summed E-state index contributed by atoms with van der Waals surface area (Å²) in [6.45, 7) is 4.21. The molecule has 0 saturated heterocycles. The van der Waals surface area contributed by atoms with Crippen molar-refractivity contribution < 1.29 is 20.1 Å². The lowest BCUT2D eigenvalue weighted by atomic mass is 10.0. The highest BCUT2D eigenvalue weighted by molar-refractivity contribution is 5.80. The lowest BCUT2D eigenvalue weighted by molar-refractivity contribution is -0.131. The third-order valence-corrected chi connectivity index (χ3v) is 9.82. The smallest absolute Gasteiger partial charge is 0.249 e. The number of unbranched alkanes of at least 4 members (excludes halogenated alkanes) is 26. The van der Waals surface area contributed by atoms with E-state index in [4.69, 9.17) is 0 Å². The van der Waals surface area contributed by atoms with Gasteiger partial charge in [-0.3, -0.25) is 4.79 Å². The van der Waals surface area contributed by atoms with Gasteiger partial charge in [-0.2, -0.15) is 0 Å². The molecule has 5 nitrogen and oxygen atoms in total. The molecule has 0 rings (SSSR count). The third-order valence-electron chi connectivity index (χ3n) is 9.82. The minimum Gasteiger partial charge on any atom is -0.394 e. The van der Waals surface area contributed by atoms with Gasteiger partial charge >= 0.3 is 0 Å². The first kappa shape index (κ1) is 46.8. The normalized spacial score (nSPS) is 13.9. The Morgan fingerprint density at radius 2 is 0.854 bits per heavy atom. The molecule has 0 aromatic carbocycles. The van der Waals surface area contributed by atoms with E-state index in [1.54, 1.807) is 0 Å². The zero-order valence-corrected chi connectivity index (χ0v) is 32.1. The Labute approximate surface area is 299 Å². The van der Waals surface area contributed by atoms with Gasteiger partial charge in [0.2, 0.25) is 5.91 Å². The Bertz CT molecular complexity index is 709. The van der Waals surface area contributed by atoms with Crippen molar-refractivity contribution in [2.75, 3.05) is 6.61 Å². The second-order valence-electron chi connectivity index (χ2n) is 14.6. The SMILES string of the molecule is CCCCCCCCCCC/C=C\C/C=C\CCCCCCCCCCC(O)C(=O)NC(CO)C(O)CCCCCCCCCCCC. The molecule has 48 heavy (non-hydrogen) atoms.